The van der Waals surface area contributed by atoms with E-state index in [1.165, 1.54) is 0 Å². The molecule has 102 valence electrons. The molecule has 0 radical (unpaired) electrons. The van der Waals surface area contributed by atoms with E-state index in [2.05, 4.69) is 21.2 Å². The normalized spacial score (nSPS) is 13.7. The van der Waals surface area contributed by atoms with E-state index >= 15 is 0 Å². The molecular formula is C12H14BrClF3N. The van der Waals surface area contributed by atoms with E-state index in [0.717, 1.165) is 10.0 Å². The lowest BCUT2D eigenvalue weighted by atomic mass is 10.0. The van der Waals surface area contributed by atoms with E-state index in [-0.39, 0.29) is 12.5 Å². The minimum Gasteiger partial charge on any atom is -0.310 e. The fraction of sp³-hybridized carbons (Fsp3) is 0.500. The summed E-state index contributed by atoms with van der Waals surface area (Å²) in [4.78, 5) is 0. The van der Waals surface area contributed by atoms with Crippen LogP contribution in [0.5, 0.6) is 0 Å². The molecule has 0 fully saturated rings. The van der Waals surface area contributed by atoms with E-state index in [1.54, 1.807) is 18.2 Å². The number of nitrogens with one attached hydrogen (secondary N) is 1. The van der Waals surface area contributed by atoms with Crippen molar-refractivity contribution in [1.82, 2.24) is 5.32 Å². The molecule has 1 nitrogen and oxygen atoms in total. The molecule has 0 amide bonds. The quantitative estimate of drug-likeness (QED) is 0.784. The minimum absolute atomic E-state index is 0.00923. The Hall–Kier alpha value is -0.260. The van der Waals surface area contributed by atoms with E-state index in [1.807, 2.05) is 6.92 Å². The van der Waals surface area contributed by atoms with Crippen molar-refractivity contribution >= 4 is 27.5 Å². The van der Waals surface area contributed by atoms with Crippen molar-refractivity contribution in [1.29, 1.82) is 0 Å². The highest BCUT2D eigenvalue weighted by atomic mass is 79.9. The van der Waals surface area contributed by atoms with Crippen molar-refractivity contribution in [3.05, 3.63) is 33.3 Å². The Morgan fingerprint density at radius 2 is 2.06 bits per heavy atom. The van der Waals surface area contributed by atoms with Crippen molar-refractivity contribution in [3.63, 3.8) is 0 Å². The van der Waals surface area contributed by atoms with Crippen LogP contribution >= 0.6 is 27.5 Å². The molecule has 0 aromatic heterocycles. The van der Waals surface area contributed by atoms with Crippen LogP contribution in [-0.4, -0.2) is 12.7 Å². The third kappa shape index (κ3) is 5.16. The van der Waals surface area contributed by atoms with Crippen molar-refractivity contribution in [2.75, 3.05) is 6.54 Å². The zero-order valence-corrected chi connectivity index (χ0v) is 12.2. The first-order valence-electron chi connectivity index (χ1n) is 5.58. The van der Waals surface area contributed by atoms with Gasteiger partial charge in [0.1, 0.15) is 0 Å². The molecule has 1 N–H and O–H groups in total. The van der Waals surface area contributed by atoms with Crippen molar-refractivity contribution in [2.24, 2.45) is 0 Å². The summed E-state index contributed by atoms with van der Waals surface area (Å²) in [6.07, 6.45) is -4.93. The standard InChI is InChI=1S/C12H14BrClF3N/c1-2-18-11(5-6-12(15,16)17)8-3-4-9(13)10(14)7-8/h3-4,7,11,18H,2,5-6H2,1H3. The molecule has 1 atom stereocenters. The zero-order chi connectivity index (χ0) is 13.8. The highest BCUT2D eigenvalue weighted by Gasteiger charge is 2.28. The van der Waals surface area contributed by atoms with Crippen molar-refractivity contribution in [3.8, 4) is 0 Å². The van der Waals surface area contributed by atoms with Gasteiger partial charge in [0.05, 0.1) is 5.02 Å². The van der Waals surface area contributed by atoms with Gasteiger partial charge in [0, 0.05) is 16.9 Å². The summed E-state index contributed by atoms with van der Waals surface area (Å²) in [5.41, 5.74) is 0.773. The first-order chi connectivity index (χ1) is 8.33. The van der Waals surface area contributed by atoms with Gasteiger partial charge in [0.15, 0.2) is 0 Å². The second-order valence-corrected chi connectivity index (χ2v) is 5.20. The van der Waals surface area contributed by atoms with Crippen LogP contribution in [0.1, 0.15) is 31.4 Å². The predicted molar refractivity (Wildman–Crippen MR) is 70.9 cm³/mol. The van der Waals surface area contributed by atoms with E-state index in [9.17, 15) is 13.2 Å². The summed E-state index contributed by atoms with van der Waals surface area (Å²) in [7, 11) is 0. The van der Waals surface area contributed by atoms with Crippen LogP contribution < -0.4 is 5.32 Å². The Morgan fingerprint density at radius 3 is 2.56 bits per heavy atom. The van der Waals surface area contributed by atoms with Gasteiger partial charge in [0.25, 0.3) is 0 Å². The van der Waals surface area contributed by atoms with Crippen LogP contribution in [-0.2, 0) is 0 Å². The first-order valence-corrected chi connectivity index (χ1v) is 6.75. The lowest BCUT2D eigenvalue weighted by Gasteiger charge is -2.19. The van der Waals surface area contributed by atoms with Gasteiger partial charge in [-0.3, -0.25) is 0 Å². The molecule has 0 aliphatic heterocycles. The average molecular weight is 345 g/mol. The van der Waals surface area contributed by atoms with E-state index < -0.39 is 12.6 Å². The molecule has 6 heteroatoms. The topological polar surface area (TPSA) is 12.0 Å². The van der Waals surface area contributed by atoms with E-state index in [0.29, 0.717) is 11.6 Å². The molecule has 1 unspecified atom stereocenters. The zero-order valence-electron chi connectivity index (χ0n) is 9.82. The molecule has 0 spiro atoms. The third-order valence-electron chi connectivity index (χ3n) is 2.51. The van der Waals surface area contributed by atoms with Crippen LogP contribution in [0.25, 0.3) is 0 Å². The van der Waals surface area contributed by atoms with Gasteiger partial charge in [-0.25, -0.2) is 0 Å². The molecule has 0 saturated heterocycles. The Kier molecular flexibility index (Phi) is 5.95. The molecule has 0 saturated carbocycles. The Balaban J connectivity index is 2.80. The summed E-state index contributed by atoms with van der Waals surface area (Å²) in [6.45, 7) is 2.47. The summed E-state index contributed by atoms with van der Waals surface area (Å²) in [5.74, 6) is 0. The average Bonchev–Trinajstić information content (AvgIpc) is 2.27. The van der Waals surface area contributed by atoms with Gasteiger partial charge in [-0.2, -0.15) is 13.2 Å². The number of rotatable bonds is 5. The summed E-state index contributed by atoms with van der Waals surface area (Å²) < 4.78 is 37.5. The van der Waals surface area contributed by atoms with Crippen LogP contribution in [0.4, 0.5) is 13.2 Å². The fourth-order valence-electron chi connectivity index (χ4n) is 1.67. The van der Waals surface area contributed by atoms with Crippen molar-refractivity contribution < 1.29 is 13.2 Å². The van der Waals surface area contributed by atoms with Gasteiger partial charge >= 0.3 is 6.18 Å². The minimum atomic E-state index is -4.13. The molecule has 0 aliphatic carbocycles. The molecule has 1 aromatic carbocycles. The molecule has 18 heavy (non-hydrogen) atoms. The number of halogens is 5. The van der Waals surface area contributed by atoms with Crippen LogP contribution in [0.2, 0.25) is 5.02 Å². The lowest BCUT2D eigenvalue weighted by molar-refractivity contribution is -0.136. The Bertz CT molecular complexity index is 395. The van der Waals surface area contributed by atoms with Crippen LogP contribution in [0, 0.1) is 0 Å². The predicted octanol–water partition coefficient (Wildman–Crippen LogP) is 5.10. The molecule has 0 aliphatic rings. The SMILES string of the molecule is CCNC(CCC(F)(F)F)c1ccc(Br)c(Cl)c1. The maximum absolute atomic E-state index is 12.3. The summed E-state index contributed by atoms with van der Waals surface area (Å²) in [6, 6.07) is 4.88. The highest BCUT2D eigenvalue weighted by Crippen LogP contribution is 2.30. The van der Waals surface area contributed by atoms with Gasteiger partial charge in [-0.05, 0) is 46.6 Å². The van der Waals surface area contributed by atoms with Gasteiger partial charge in [-0.1, -0.05) is 24.6 Å². The Labute approximate surface area is 118 Å². The largest absolute Gasteiger partial charge is 0.389 e. The van der Waals surface area contributed by atoms with Crippen LogP contribution in [0.3, 0.4) is 0 Å². The number of alkyl halides is 3. The maximum atomic E-state index is 12.3. The van der Waals surface area contributed by atoms with Gasteiger partial charge < -0.3 is 5.32 Å². The first kappa shape index (κ1) is 15.8. The number of hydrogen-bond acceptors (Lipinski definition) is 1. The third-order valence-corrected chi connectivity index (χ3v) is 3.75. The number of benzene rings is 1. The van der Waals surface area contributed by atoms with E-state index in [4.69, 9.17) is 11.6 Å². The molecule has 0 bridgehead atoms. The smallest absolute Gasteiger partial charge is 0.310 e. The van der Waals surface area contributed by atoms with Gasteiger partial charge in [0.2, 0.25) is 0 Å². The summed E-state index contributed by atoms with van der Waals surface area (Å²) in [5, 5.41) is 3.55. The highest BCUT2D eigenvalue weighted by molar-refractivity contribution is 9.10. The maximum Gasteiger partial charge on any atom is 0.389 e. The fourth-order valence-corrected chi connectivity index (χ4v) is 2.11. The Morgan fingerprint density at radius 1 is 1.39 bits per heavy atom. The number of hydrogen-bond donors (Lipinski definition) is 1. The van der Waals surface area contributed by atoms with Crippen molar-refractivity contribution in [2.45, 2.75) is 32.0 Å². The van der Waals surface area contributed by atoms with Crippen LogP contribution in [0.15, 0.2) is 22.7 Å². The van der Waals surface area contributed by atoms with Gasteiger partial charge in [-0.15, -0.1) is 0 Å². The second kappa shape index (κ2) is 6.78. The molecule has 1 rings (SSSR count). The lowest BCUT2D eigenvalue weighted by Crippen LogP contribution is -2.23. The monoisotopic (exact) mass is 343 g/mol. The second-order valence-electron chi connectivity index (χ2n) is 3.94. The summed E-state index contributed by atoms with van der Waals surface area (Å²) >= 11 is 9.21. The molecular weight excluding hydrogens is 330 g/mol. The molecule has 0 heterocycles. The molecule has 1 aromatic rings.